The lowest BCUT2D eigenvalue weighted by Gasteiger charge is -2.32. The minimum atomic E-state index is -0.202. The van der Waals surface area contributed by atoms with Crippen LogP contribution in [0.3, 0.4) is 0 Å². The molecule has 30 heavy (non-hydrogen) atoms. The van der Waals surface area contributed by atoms with Crippen molar-refractivity contribution in [2.75, 3.05) is 39.9 Å². The average molecular weight is 427 g/mol. The number of hydrogen-bond acceptors (Lipinski definition) is 7. The molecule has 0 bridgehead atoms. The van der Waals surface area contributed by atoms with Gasteiger partial charge in [-0.1, -0.05) is 18.2 Å². The predicted molar refractivity (Wildman–Crippen MR) is 117 cm³/mol. The molecular formula is C22H26N4O3S. The van der Waals surface area contributed by atoms with Crippen molar-refractivity contribution in [3.8, 4) is 0 Å². The van der Waals surface area contributed by atoms with Crippen molar-refractivity contribution in [1.29, 1.82) is 0 Å². The molecule has 1 atom stereocenters. The van der Waals surface area contributed by atoms with Gasteiger partial charge in [0.2, 0.25) is 0 Å². The minimum Gasteiger partial charge on any atom is -0.395 e. The van der Waals surface area contributed by atoms with Gasteiger partial charge in [-0.3, -0.25) is 9.69 Å². The molecule has 0 aliphatic carbocycles. The van der Waals surface area contributed by atoms with E-state index in [0.29, 0.717) is 18.7 Å². The highest BCUT2D eigenvalue weighted by atomic mass is 32.1. The van der Waals surface area contributed by atoms with Crippen LogP contribution in [0.15, 0.2) is 36.5 Å². The van der Waals surface area contributed by atoms with Crippen LogP contribution >= 0.6 is 11.3 Å². The number of aliphatic hydroxyl groups is 1. The summed E-state index contributed by atoms with van der Waals surface area (Å²) < 4.78 is 6.05. The molecular weight excluding hydrogens is 400 g/mol. The van der Waals surface area contributed by atoms with Crippen LogP contribution in [0.25, 0.3) is 10.9 Å². The van der Waals surface area contributed by atoms with Crippen LogP contribution in [0, 0.1) is 6.92 Å². The number of aliphatic hydroxyl groups excluding tert-OH is 1. The number of morpholine rings is 1. The normalized spacial score (nSPS) is 17.4. The Morgan fingerprint density at radius 1 is 1.40 bits per heavy atom. The van der Waals surface area contributed by atoms with Crippen molar-refractivity contribution in [2.24, 2.45) is 0 Å². The molecule has 2 aromatic heterocycles. The van der Waals surface area contributed by atoms with Gasteiger partial charge in [0.05, 0.1) is 35.0 Å². The maximum Gasteiger partial charge on any atom is 0.254 e. The fourth-order valence-corrected chi connectivity index (χ4v) is 4.56. The second-order valence-electron chi connectivity index (χ2n) is 7.50. The molecule has 0 unspecified atom stereocenters. The van der Waals surface area contributed by atoms with Crippen molar-refractivity contribution in [2.45, 2.75) is 19.6 Å². The van der Waals surface area contributed by atoms with Gasteiger partial charge in [-0.05, 0) is 19.1 Å². The third-order valence-electron chi connectivity index (χ3n) is 5.28. The molecule has 0 saturated carbocycles. The fraction of sp³-hybridized carbons (Fsp3) is 0.409. The Bertz CT molecular complexity index is 1040. The molecule has 1 N–H and O–H groups in total. The van der Waals surface area contributed by atoms with E-state index in [1.807, 2.05) is 43.5 Å². The van der Waals surface area contributed by atoms with Crippen LogP contribution in [0.4, 0.5) is 0 Å². The molecule has 3 aromatic rings. The van der Waals surface area contributed by atoms with Crippen LogP contribution in [0.2, 0.25) is 0 Å². The number of carbonyl (C=O) groups excluding carboxylic acids is 1. The zero-order chi connectivity index (χ0) is 21.1. The average Bonchev–Trinajstić information content (AvgIpc) is 3.17. The van der Waals surface area contributed by atoms with E-state index in [0.717, 1.165) is 34.7 Å². The highest BCUT2D eigenvalue weighted by molar-refractivity contribution is 7.11. The summed E-state index contributed by atoms with van der Waals surface area (Å²) in [5.74, 6) is -0.128. The zero-order valence-electron chi connectivity index (χ0n) is 17.2. The van der Waals surface area contributed by atoms with Crippen molar-refractivity contribution in [1.82, 2.24) is 19.8 Å². The van der Waals surface area contributed by atoms with E-state index >= 15 is 0 Å². The Labute approximate surface area is 179 Å². The third-order valence-corrected chi connectivity index (χ3v) is 6.18. The van der Waals surface area contributed by atoms with E-state index in [-0.39, 0.29) is 25.2 Å². The van der Waals surface area contributed by atoms with Crippen molar-refractivity contribution in [3.63, 3.8) is 0 Å². The van der Waals surface area contributed by atoms with Gasteiger partial charge in [-0.2, -0.15) is 0 Å². The summed E-state index contributed by atoms with van der Waals surface area (Å²) in [4.78, 5) is 27.3. The molecule has 158 valence electrons. The highest BCUT2D eigenvalue weighted by Crippen LogP contribution is 2.28. The summed E-state index contributed by atoms with van der Waals surface area (Å²) in [6.45, 7) is 5.24. The summed E-state index contributed by atoms with van der Waals surface area (Å²) in [7, 11) is 1.70. The maximum atomic E-state index is 13.0. The molecule has 1 fully saturated rings. The summed E-state index contributed by atoms with van der Waals surface area (Å²) in [6.07, 6.45) is 1.74. The number of likely N-dealkylation sites (N-methyl/N-ethyl adjacent to an activating group) is 1. The Balaban J connectivity index is 1.62. The number of hydrogen-bond donors (Lipinski definition) is 1. The zero-order valence-corrected chi connectivity index (χ0v) is 18.1. The van der Waals surface area contributed by atoms with Crippen LogP contribution < -0.4 is 0 Å². The van der Waals surface area contributed by atoms with Gasteiger partial charge in [0.15, 0.2) is 0 Å². The largest absolute Gasteiger partial charge is 0.395 e. The lowest BCUT2D eigenvalue weighted by atomic mass is 10.0. The Morgan fingerprint density at radius 2 is 2.23 bits per heavy atom. The lowest BCUT2D eigenvalue weighted by molar-refractivity contribution is -0.0345. The number of carbonyl (C=O) groups is 1. The van der Waals surface area contributed by atoms with Crippen LogP contribution in [-0.2, 0) is 11.3 Å². The lowest BCUT2D eigenvalue weighted by Crippen LogP contribution is -2.38. The van der Waals surface area contributed by atoms with E-state index < -0.39 is 0 Å². The number of amides is 1. The molecule has 0 spiro atoms. The molecule has 8 heteroatoms. The number of thiazole rings is 1. The van der Waals surface area contributed by atoms with E-state index in [4.69, 9.17) is 9.72 Å². The van der Waals surface area contributed by atoms with Gasteiger partial charge in [0, 0.05) is 49.7 Å². The number of aryl methyl sites for hydroxylation is 1. The Morgan fingerprint density at radius 3 is 3.00 bits per heavy atom. The molecule has 7 nitrogen and oxygen atoms in total. The van der Waals surface area contributed by atoms with Crippen molar-refractivity contribution < 1.29 is 14.6 Å². The highest BCUT2D eigenvalue weighted by Gasteiger charge is 2.26. The molecule has 1 aliphatic heterocycles. The molecule has 3 heterocycles. The number of pyridine rings is 1. The first kappa shape index (κ1) is 20.9. The third kappa shape index (κ3) is 4.52. The summed E-state index contributed by atoms with van der Waals surface area (Å²) >= 11 is 1.71. The van der Waals surface area contributed by atoms with E-state index in [1.54, 1.807) is 18.4 Å². The first-order valence-corrected chi connectivity index (χ1v) is 10.9. The van der Waals surface area contributed by atoms with Gasteiger partial charge in [0.25, 0.3) is 5.91 Å². The van der Waals surface area contributed by atoms with Gasteiger partial charge in [0.1, 0.15) is 6.10 Å². The summed E-state index contributed by atoms with van der Waals surface area (Å²) in [5, 5.41) is 11.1. The number of aromatic nitrogens is 2. The minimum absolute atomic E-state index is 0.0736. The maximum absolute atomic E-state index is 13.0. The van der Waals surface area contributed by atoms with Crippen molar-refractivity contribution in [3.05, 3.63) is 57.7 Å². The van der Waals surface area contributed by atoms with Gasteiger partial charge in [-0.25, -0.2) is 9.97 Å². The van der Waals surface area contributed by atoms with Crippen LogP contribution in [0.5, 0.6) is 0 Å². The van der Waals surface area contributed by atoms with Gasteiger partial charge < -0.3 is 14.7 Å². The summed E-state index contributed by atoms with van der Waals surface area (Å²) in [5.41, 5.74) is 2.12. The number of rotatable bonds is 6. The molecule has 4 rings (SSSR count). The molecule has 1 amide bonds. The van der Waals surface area contributed by atoms with E-state index in [2.05, 4.69) is 9.88 Å². The molecule has 1 aromatic carbocycles. The van der Waals surface area contributed by atoms with Crippen molar-refractivity contribution >= 4 is 28.1 Å². The number of para-hydroxylation sites is 1. The fourth-order valence-electron chi connectivity index (χ4n) is 3.72. The first-order chi connectivity index (χ1) is 14.5. The van der Waals surface area contributed by atoms with Crippen LogP contribution in [-0.4, -0.2) is 70.7 Å². The van der Waals surface area contributed by atoms with E-state index in [1.165, 1.54) is 9.78 Å². The number of benzene rings is 1. The number of nitrogens with zero attached hydrogens (tertiary/aromatic N) is 4. The second-order valence-corrected chi connectivity index (χ2v) is 8.82. The molecule has 0 radical (unpaired) electrons. The number of ether oxygens (including phenoxy) is 1. The SMILES string of the molecule is Cc1ncc(CN2CCO[C@H](c3cc(C(=O)N(C)CCO)c4ccccc4n3)C2)s1. The Hall–Kier alpha value is -2.39. The standard InChI is InChI=1S/C22H26N4O3S/c1-15-23-12-16(30-15)13-26-8-10-29-21(14-26)20-11-18(22(28)25(2)7-9-27)17-5-3-4-6-19(17)24-20/h3-6,11-12,21,27H,7-10,13-14H2,1-2H3/t21-/m0/s1. The topological polar surface area (TPSA) is 78.8 Å². The van der Waals surface area contributed by atoms with Gasteiger partial charge >= 0.3 is 0 Å². The quantitative estimate of drug-likeness (QED) is 0.653. The Kier molecular flexibility index (Phi) is 6.38. The molecule has 1 saturated heterocycles. The second kappa shape index (κ2) is 9.18. The monoisotopic (exact) mass is 426 g/mol. The summed E-state index contributed by atoms with van der Waals surface area (Å²) in [6, 6.07) is 9.51. The van der Waals surface area contributed by atoms with E-state index in [9.17, 15) is 9.90 Å². The van der Waals surface area contributed by atoms with Crippen LogP contribution in [0.1, 0.15) is 32.0 Å². The smallest absolute Gasteiger partial charge is 0.254 e. The number of fused-ring (bicyclic) bond motifs is 1. The predicted octanol–water partition coefficient (Wildman–Crippen LogP) is 2.64. The molecule has 1 aliphatic rings. The van der Waals surface area contributed by atoms with Gasteiger partial charge in [-0.15, -0.1) is 11.3 Å². The first-order valence-electron chi connectivity index (χ1n) is 10.1.